The molecule has 0 saturated heterocycles. The molecule has 1 heterocycles. The lowest BCUT2D eigenvalue weighted by molar-refractivity contribution is 0.0949. The van der Waals surface area contributed by atoms with Gasteiger partial charge in [-0.25, -0.2) is 9.37 Å². The number of nitrogens with one attached hydrogen (secondary N) is 1. The summed E-state index contributed by atoms with van der Waals surface area (Å²) in [5, 5.41) is 2.77. The zero-order chi connectivity index (χ0) is 16.7. The minimum absolute atomic E-state index is 0.243. The summed E-state index contributed by atoms with van der Waals surface area (Å²) in [5.41, 5.74) is 1.96. The van der Waals surface area contributed by atoms with Gasteiger partial charge >= 0.3 is 0 Å². The number of rotatable bonds is 7. The molecule has 0 unspecified atom stereocenters. The van der Waals surface area contributed by atoms with Gasteiger partial charge in [-0.1, -0.05) is 18.2 Å². The first-order valence-electron chi connectivity index (χ1n) is 7.88. The molecule has 23 heavy (non-hydrogen) atoms. The number of hydrogen-bond acceptors (Lipinski definition) is 3. The minimum atomic E-state index is -0.247. The third-order valence-electron chi connectivity index (χ3n) is 3.75. The van der Waals surface area contributed by atoms with Crippen molar-refractivity contribution in [2.45, 2.75) is 20.3 Å². The monoisotopic (exact) mass is 315 g/mol. The molecular weight excluding hydrogens is 293 g/mol. The lowest BCUT2D eigenvalue weighted by atomic mass is 10.1. The lowest BCUT2D eigenvalue weighted by Crippen LogP contribution is -2.27. The maximum atomic E-state index is 13.5. The molecule has 0 aliphatic rings. The smallest absolute Gasteiger partial charge is 0.269 e. The van der Waals surface area contributed by atoms with Gasteiger partial charge in [0.05, 0.1) is 11.9 Å². The third kappa shape index (κ3) is 4.52. The summed E-state index contributed by atoms with van der Waals surface area (Å²) >= 11 is 0. The van der Waals surface area contributed by atoms with E-state index in [-0.39, 0.29) is 11.7 Å². The van der Waals surface area contributed by atoms with Crippen LogP contribution in [0.25, 0.3) is 0 Å². The van der Waals surface area contributed by atoms with E-state index in [0.717, 1.165) is 18.8 Å². The number of carbonyl (C=O) groups is 1. The van der Waals surface area contributed by atoms with Crippen molar-refractivity contribution in [2.24, 2.45) is 0 Å². The number of pyridine rings is 1. The highest BCUT2D eigenvalue weighted by Gasteiger charge is 2.09. The average Bonchev–Trinajstić information content (AvgIpc) is 2.58. The van der Waals surface area contributed by atoms with Crippen molar-refractivity contribution in [1.82, 2.24) is 10.3 Å². The van der Waals surface area contributed by atoms with Gasteiger partial charge in [0.2, 0.25) is 0 Å². The summed E-state index contributed by atoms with van der Waals surface area (Å²) in [6, 6.07) is 10.2. The molecule has 4 nitrogen and oxygen atoms in total. The Bertz CT molecular complexity index is 639. The molecular formula is C18H22FN3O. The first-order valence-corrected chi connectivity index (χ1v) is 7.88. The molecule has 0 radical (unpaired) electrons. The van der Waals surface area contributed by atoms with Crippen LogP contribution in [0.3, 0.4) is 0 Å². The maximum Gasteiger partial charge on any atom is 0.269 e. The largest absolute Gasteiger partial charge is 0.371 e. The van der Waals surface area contributed by atoms with E-state index in [1.165, 1.54) is 6.07 Å². The van der Waals surface area contributed by atoms with Gasteiger partial charge in [0.25, 0.3) is 5.91 Å². The van der Waals surface area contributed by atoms with Crippen molar-refractivity contribution in [3.63, 3.8) is 0 Å². The Kier molecular flexibility index (Phi) is 6.09. The average molecular weight is 315 g/mol. The van der Waals surface area contributed by atoms with E-state index in [1.54, 1.807) is 30.5 Å². The Balaban J connectivity index is 1.89. The highest BCUT2D eigenvalue weighted by Crippen LogP contribution is 2.12. The van der Waals surface area contributed by atoms with Gasteiger partial charge < -0.3 is 10.2 Å². The Hall–Kier alpha value is -2.43. The van der Waals surface area contributed by atoms with Crippen LogP contribution in [0.1, 0.15) is 29.9 Å². The second-order valence-electron chi connectivity index (χ2n) is 5.17. The van der Waals surface area contributed by atoms with Crippen LogP contribution >= 0.6 is 0 Å². The van der Waals surface area contributed by atoms with Gasteiger partial charge in [0.15, 0.2) is 0 Å². The second kappa shape index (κ2) is 8.27. The second-order valence-corrected chi connectivity index (χ2v) is 5.17. The molecule has 122 valence electrons. The van der Waals surface area contributed by atoms with Crippen LogP contribution in [-0.4, -0.2) is 30.5 Å². The standard InChI is InChI=1S/C18H22FN3O/c1-3-22(4-2)15-9-10-17(21-13-15)18(23)20-12-11-14-7-5-6-8-16(14)19/h5-10,13H,3-4,11-12H2,1-2H3,(H,20,23). The predicted octanol–water partition coefficient (Wildman–Crippen LogP) is 3.04. The molecule has 0 spiro atoms. The number of benzene rings is 1. The van der Waals surface area contributed by atoms with Gasteiger partial charge in [-0.15, -0.1) is 0 Å². The molecule has 1 amide bonds. The van der Waals surface area contributed by atoms with Crippen LogP contribution < -0.4 is 10.2 Å². The van der Waals surface area contributed by atoms with Crippen LogP contribution in [0.5, 0.6) is 0 Å². The molecule has 0 aliphatic carbocycles. The number of nitrogens with zero attached hydrogens (tertiary/aromatic N) is 2. The summed E-state index contributed by atoms with van der Waals surface area (Å²) in [5.74, 6) is -0.490. The van der Waals surface area contributed by atoms with Crippen molar-refractivity contribution in [3.05, 3.63) is 59.7 Å². The molecule has 1 aromatic heterocycles. The maximum absolute atomic E-state index is 13.5. The number of anilines is 1. The molecule has 2 rings (SSSR count). The summed E-state index contributed by atoms with van der Waals surface area (Å²) in [7, 11) is 0. The quantitative estimate of drug-likeness (QED) is 0.854. The fourth-order valence-electron chi connectivity index (χ4n) is 2.40. The molecule has 0 bridgehead atoms. The first-order chi connectivity index (χ1) is 11.2. The highest BCUT2D eigenvalue weighted by molar-refractivity contribution is 5.92. The normalized spacial score (nSPS) is 10.4. The summed E-state index contributed by atoms with van der Waals surface area (Å²) in [6.45, 7) is 6.32. The summed E-state index contributed by atoms with van der Waals surface area (Å²) in [6.07, 6.45) is 2.16. The van der Waals surface area contributed by atoms with E-state index in [2.05, 4.69) is 29.0 Å². The zero-order valence-electron chi connectivity index (χ0n) is 13.6. The van der Waals surface area contributed by atoms with Crippen LogP contribution in [-0.2, 0) is 6.42 Å². The van der Waals surface area contributed by atoms with E-state index in [4.69, 9.17) is 0 Å². The van der Waals surface area contributed by atoms with Crippen LogP contribution in [0.4, 0.5) is 10.1 Å². The van der Waals surface area contributed by atoms with Gasteiger partial charge in [-0.05, 0) is 44.0 Å². The molecule has 0 fully saturated rings. The zero-order valence-corrected chi connectivity index (χ0v) is 13.6. The van der Waals surface area contributed by atoms with E-state index in [0.29, 0.717) is 24.2 Å². The van der Waals surface area contributed by atoms with Gasteiger partial charge in [0.1, 0.15) is 11.5 Å². The molecule has 0 saturated carbocycles. The SMILES string of the molecule is CCN(CC)c1ccc(C(=O)NCCc2ccccc2F)nc1. The molecule has 2 aromatic rings. The summed E-state index contributed by atoms with van der Waals surface area (Å²) < 4.78 is 13.5. The van der Waals surface area contributed by atoms with Gasteiger partial charge in [0, 0.05) is 19.6 Å². The van der Waals surface area contributed by atoms with Crippen LogP contribution in [0.2, 0.25) is 0 Å². The molecule has 5 heteroatoms. The van der Waals surface area contributed by atoms with E-state index in [1.807, 2.05) is 6.07 Å². The van der Waals surface area contributed by atoms with E-state index in [9.17, 15) is 9.18 Å². The summed E-state index contributed by atoms with van der Waals surface area (Å²) in [4.78, 5) is 18.4. The first kappa shape index (κ1) is 16.9. The Labute approximate surface area is 136 Å². The topological polar surface area (TPSA) is 45.2 Å². The lowest BCUT2D eigenvalue weighted by Gasteiger charge is -2.20. The Morgan fingerprint density at radius 1 is 1.17 bits per heavy atom. The third-order valence-corrected chi connectivity index (χ3v) is 3.75. The number of hydrogen-bond donors (Lipinski definition) is 1. The van der Waals surface area contributed by atoms with Crippen molar-refractivity contribution in [2.75, 3.05) is 24.5 Å². The van der Waals surface area contributed by atoms with Crippen LogP contribution in [0, 0.1) is 5.82 Å². The molecule has 1 N–H and O–H groups in total. The number of aromatic nitrogens is 1. The fourth-order valence-corrected chi connectivity index (χ4v) is 2.40. The van der Waals surface area contributed by atoms with Gasteiger partial charge in [-0.2, -0.15) is 0 Å². The number of carbonyl (C=O) groups excluding carboxylic acids is 1. The van der Waals surface area contributed by atoms with E-state index < -0.39 is 0 Å². The van der Waals surface area contributed by atoms with Crippen molar-refractivity contribution in [3.8, 4) is 0 Å². The van der Waals surface area contributed by atoms with Gasteiger partial charge in [-0.3, -0.25) is 4.79 Å². The molecule has 0 atom stereocenters. The van der Waals surface area contributed by atoms with E-state index >= 15 is 0 Å². The minimum Gasteiger partial charge on any atom is -0.371 e. The molecule has 1 aromatic carbocycles. The predicted molar refractivity (Wildman–Crippen MR) is 90.2 cm³/mol. The molecule has 0 aliphatic heterocycles. The van der Waals surface area contributed by atoms with Crippen LogP contribution in [0.15, 0.2) is 42.6 Å². The fraction of sp³-hybridized carbons (Fsp3) is 0.333. The van der Waals surface area contributed by atoms with Crippen molar-refractivity contribution < 1.29 is 9.18 Å². The Morgan fingerprint density at radius 2 is 1.91 bits per heavy atom. The number of halogens is 1. The highest BCUT2D eigenvalue weighted by atomic mass is 19.1. The van der Waals surface area contributed by atoms with Crippen molar-refractivity contribution in [1.29, 1.82) is 0 Å². The van der Waals surface area contributed by atoms with Crippen molar-refractivity contribution >= 4 is 11.6 Å². The number of amides is 1. The Morgan fingerprint density at radius 3 is 2.52 bits per heavy atom.